The first-order valence-corrected chi connectivity index (χ1v) is 8.79. The first kappa shape index (κ1) is 19.7. The molecule has 1 aromatic carbocycles. The molecule has 1 atom stereocenters. The summed E-state index contributed by atoms with van der Waals surface area (Å²) in [5.74, 6) is -5.29. The molecule has 148 valence electrons. The van der Waals surface area contributed by atoms with Crippen LogP contribution >= 0.6 is 0 Å². The first-order valence-electron chi connectivity index (χ1n) is 8.79. The Kier molecular flexibility index (Phi) is 5.26. The van der Waals surface area contributed by atoms with Crippen LogP contribution in [0.25, 0.3) is 10.9 Å². The topological polar surface area (TPSA) is 68.9 Å². The van der Waals surface area contributed by atoms with Crippen molar-refractivity contribution in [2.24, 2.45) is 7.05 Å². The number of hydrogen-bond donors (Lipinski definition) is 1. The molecular formula is C19H19F3N4O2. The maximum Gasteiger partial charge on any atom is 0.257 e. The summed E-state index contributed by atoms with van der Waals surface area (Å²) in [5, 5.41) is 6.42. The van der Waals surface area contributed by atoms with Gasteiger partial charge in [0, 0.05) is 26.0 Å². The third-order valence-corrected chi connectivity index (χ3v) is 4.71. The molecule has 0 saturated heterocycles. The molecule has 0 aliphatic heterocycles. The second-order valence-electron chi connectivity index (χ2n) is 6.35. The quantitative estimate of drug-likeness (QED) is 0.679. The smallest absolute Gasteiger partial charge is 0.257 e. The molecule has 3 aromatic rings. The van der Waals surface area contributed by atoms with Crippen molar-refractivity contribution in [3.8, 4) is 0 Å². The van der Waals surface area contributed by atoms with Gasteiger partial charge in [-0.25, -0.2) is 13.2 Å². The molecule has 0 spiro atoms. The molecule has 28 heavy (non-hydrogen) atoms. The van der Waals surface area contributed by atoms with E-state index >= 15 is 0 Å². The van der Waals surface area contributed by atoms with E-state index in [-0.39, 0.29) is 23.0 Å². The highest BCUT2D eigenvalue weighted by Crippen LogP contribution is 2.22. The van der Waals surface area contributed by atoms with Crippen LogP contribution in [0.15, 0.2) is 29.3 Å². The highest BCUT2D eigenvalue weighted by molar-refractivity contribution is 5.97. The standard InChI is InChI=1S/C19H19F3N4O2/c1-4-13(14-6-7-23-25(14)3)24-19(28)11-9-26(5-2)17-10(18(11)27)8-12(20)15(21)16(17)22/h6-9,13H,4-5H2,1-3H3,(H,24,28)/t13-/m1/s1. The van der Waals surface area contributed by atoms with E-state index in [4.69, 9.17) is 0 Å². The fourth-order valence-electron chi connectivity index (χ4n) is 3.22. The summed E-state index contributed by atoms with van der Waals surface area (Å²) in [7, 11) is 1.73. The summed E-state index contributed by atoms with van der Waals surface area (Å²) in [6, 6.07) is 1.95. The van der Waals surface area contributed by atoms with Gasteiger partial charge in [-0.05, 0) is 25.5 Å². The fourth-order valence-corrected chi connectivity index (χ4v) is 3.22. The summed E-state index contributed by atoms with van der Waals surface area (Å²) in [5.41, 5.74) is -0.775. The minimum Gasteiger partial charge on any atom is -0.344 e. The average Bonchev–Trinajstić information content (AvgIpc) is 3.10. The molecule has 2 heterocycles. The molecule has 0 bridgehead atoms. The van der Waals surface area contributed by atoms with Crippen LogP contribution in [0.3, 0.4) is 0 Å². The molecule has 0 aliphatic carbocycles. The Hall–Kier alpha value is -3.10. The number of pyridine rings is 1. The summed E-state index contributed by atoms with van der Waals surface area (Å²) >= 11 is 0. The highest BCUT2D eigenvalue weighted by atomic mass is 19.2. The molecule has 0 fully saturated rings. The van der Waals surface area contributed by atoms with E-state index in [2.05, 4.69) is 10.4 Å². The zero-order chi connectivity index (χ0) is 20.6. The molecule has 6 nitrogen and oxygen atoms in total. The van der Waals surface area contributed by atoms with Crippen molar-refractivity contribution in [1.82, 2.24) is 19.7 Å². The number of aryl methyl sites for hydroxylation is 2. The van der Waals surface area contributed by atoms with E-state index in [9.17, 15) is 22.8 Å². The molecule has 0 unspecified atom stereocenters. The van der Waals surface area contributed by atoms with Crippen molar-refractivity contribution in [1.29, 1.82) is 0 Å². The third kappa shape index (κ3) is 3.17. The number of benzene rings is 1. The van der Waals surface area contributed by atoms with E-state index < -0.39 is 34.8 Å². The van der Waals surface area contributed by atoms with Crippen LogP contribution in [0, 0.1) is 17.5 Å². The Labute approximate surface area is 158 Å². The summed E-state index contributed by atoms with van der Waals surface area (Å²) < 4.78 is 44.4. The van der Waals surface area contributed by atoms with Crippen molar-refractivity contribution in [3.05, 3.63) is 63.5 Å². The van der Waals surface area contributed by atoms with Crippen LogP contribution in [-0.4, -0.2) is 20.3 Å². The Morgan fingerprint density at radius 2 is 1.96 bits per heavy atom. The van der Waals surface area contributed by atoms with Gasteiger partial charge in [-0.2, -0.15) is 5.10 Å². The molecule has 3 rings (SSSR count). The lowest BCUT2D eigenvalue weighted by atomic mass is 10.1. The van der Waals surface area contributed by atoms with Crippen LogP contribution in [0.2, 0.25) is 0 Å². The first-order chi connectivity index (χ1) is 13.3. The average molecular weight is 392 g/mol. The van der Waals surface area contributed by atoms with Crippen LogP contribution in [0.5, 0.6) is 0 Å². The largest absolute Gasteiger partial charge is 0.344 e. The zero-order valence-corrected chi connectivity index (χ0v) is 15.6. The second kappa shape index (κ2) is 7.49. The lowest BCUT2D eigenvalue weighted by molar-refractivity contribution is 0.0932. The number of hydrogen-bond acceptors (Lipinski definition) is 3. The van der Waals surface area contributed by atoms with Crippen LogP contribution < -0.4 is 10.7 Å². The number of carbonyl (C=O) groups is 1. The van der Waals surface area contributed by atoms with Crippen LogP contribution in [-0.2, 0) is 13.6 Å². The number of carbonyl (C=O) groups excluding carboxylic acids is 1. The minimum atomic E-state index is -1.66. The van der Waals surface area contributed by atoms with Crippen molar-refractivity contribution < 1.29 is 18.0 Å². The molecule has 9 heteroatoms. The SMILES string of the molecule is CC[C@@H](NC(=O)c1cn(CC)c2c(F)c(F)c(F)cc2c1=O)c1ccnn1C. The van der Waals surface area contributed by atoms with E-state index in [0.717, 1.165) is 11.9 Å². The van der Waals surface area contributed by atoms with Crippen LogP contribution in [0.1, 0.15) is 42.4 Å². The van der Waals surface area contributed by atoms with Gasteiger partial charge in [0.25, 0.3) is 5.91 Å². The number of halogens is 3. The summed E-state index contributed by atoms with van der Waals surface area (Å²) in [6.07, 6.45) is 3.29. The van der Waals surface area contributed by atoms with Gasteiger partial charge in [0.1, 0.15) is 5.56 Å². The van der Waals surface area contributed by atoms with Crippen molar-refractivity contribution in [3.63, 3.8) is 0 Å². The van der Waals surface area contributed by atoms with E-state index in [1.54, 1.807) is 30.9 Å². The monoisotopic (exact) mass is 392 g/mol. The Morgan fingerprint density at radius 1 is 1.25 bits per heavy atom. The van der Waals surface area contributed by atoms with Crippen molar-refractivity contribution >= 4 is 16.8 Å². The van der Waals surface area contributed by atoms with Crippen molar-refractivity contribution in [2.75, 3.05) is 0 Å². The predicted molar refractivity (Wildman–Crippen MR) is 97.5 cm³/mol. The van der Waals surface area contributed by atoms with Gasteiger partial charge in [-0.15, -0.1) is 0 Å². The number of rotatable bonds is 5. The maximum absolute atomic E-state index is 14.2. The third-order valence-electron chi connectivity index (χ3n) is 4.71. The second-order valence-corrected chi connectivity index (χ2v) is 6.35. The Morgan fingerprint density at radius 3 is 2.54 bits per heavy atom. The number of amides is 1. The van der Waals surface area contributed by atoms with E-state index in [1.165, 1.54) is 4.57 Å². The summed E-state index contributed by atoms with van der Waals surface area (Å²) in [6.45, 7) is 3.64. The van der Waals surface area contributed by atoms with Gasteiger partial charge >= 0.3 is 0 Å². The predicted octanol–water partition coefficient (Wildman–Crippen LogP) is 3.05. The molecule has 0 aliphatic rings. The summed E-state index contributed by atoms with van der Waals surface area (Å²) in [4.78, 5) is 25.5. The minimum absolute atomic E-state index is 0.151. The molecule has 0 radical (unpaired) electrons. The Bertz CT molecular complexity index is 1120. The van der Waals surface area contributed by atoms with Gasteiger partial charge in [0.15, 0.2) is 17.5 Å². The van der Waals surface area contributed by atoms with Crippen LogP contribution in [0.4, 0.5) is 13.2 Å². The van der Waals surface area contributed by atoms with E-state index in [1.807, 2.05) is 6.92 Å². The van der Waals surface area contributed by atoms with E-state index in [0.29, 0.717) is 12.5 Å². The molecular weight excluding hydrogens is 373 g/mol. The van der Waals surface area contributed by atoms with Gasteiger partial charge in [-0.3, -0.25) is 14.3 Å². The molecule has 2 aromatic heterocycles. The molecule has 0 saturated carbocycles. The van der Waals surface area contributed by atoms with Gasteiger partial charge in [0.05, 0.1) is 22.6 Å². The normalized spacial score (nSPS) is 12.4. The fraction of sp³-hybridized carbons (Fsp3) is 0.316. The van der Waals surface area contributed by atoms with Gasteiger partial charge in [0.2, 0.25) is 5.43 Å². The van der Waals surface area contributed by atoms with Gasteiger partial charge < -0.3 is 9.88 Å². The number of aromatic nitrogens is 3. The molecule has 1 N–H and O–H groups in total. The number of nitrogens with one attached hydrogen (secondary N) is 1. The lowest BCUT2D eigenvalue weighted by Crippen LogP contribution is -2.33. The molecule has 1 amide bonds. The highest BCUT2D eigenvalue weighted by Gasteiger charge is 2.24. The van der Waals surface area contributed by atoms with Gasteiger partial charge in [-0.1, -0.05) is 6.92 Å². The lowest BCUT2D eigenvalue weighted by Gasteiger charge is -2.18. The number of fused-ring (bicyclic) bond motifs is 1. The maximum atomic E-state index is 14.2. The Balaban J connectivity index is 2.11. The number of nitrogens with zero attached hydrogens (tertiary/aromatic N) is 3. The zero-order valence-electron chi connectivity index (χ0n) is 15.6. The van der Waals surface area contributed by atoms with Crippen molar-refractivity contribution in [2.45, 2.75) is 32.9 Å².